The highest BCUT2D eigenvalue weighted by Gasteiger charge is 2.63. The Bertz CT molecular complexity index is 1920. The zero-order valence-electron chi connectivity index (χ0n) is 33.0. The molecule has 13 heteroatoms. The summed E-state index contributed by atoms with van der Waals surface area (Å²) in [5.74, 6) is 0.213. The van der Waals surface area contributed by atoms with Crippen molar-refractivity contribution in [2.75, 3.05) is 57.3 Å². The van der Waals surface area contributed by atoms with Crippen molar-refractivity contribution >= 4 is 40.9 Å². The summed E-state index contributed by atoms with van der Waals surface area (Å²) in [6, 6.07) is 12.9. The summed E-state index contributed by atoms with van der Waals surface area (Å²) < 4.78 is 6.47. The van der Waals surface area contributed by atoms with Crippen LogP contribution in [0.4, 0.5) is 5.69 Å². The standard InChI is InChI=1S/C43H54ClN7O5/c1-42(2)40(43(3,4)41(42)56-31-7-5-28(23-45)34(44)22-31)46-24-27-19-30(20-27)49-13-11-26(12-14-49)25-48-15-17-50(18-16-48)29-6-8-32-33(21-29)39(55)51(38(32)54)35-9-10-36(52)47-37(35)53/h5-8,21-22,26-27,30,35,40-41,46H,9-20,24-25H2,1-4H3,(H,47,52,53)/t27?,30?,35?,40-,41-. The molecule has 0 bridgehead atoms. The molecule has 5 fully saturated rings. The Morgan fingerprint density at radius 3 is 2.23 bits per heavy atom. The Labute approximate surface area is 334 Å². The third-order valence-corrected chi connectivity index (χ3v) is 14.1. The predicted octanol–water partition coefficient (Wildman–Crippen LogP) is 4.70. The fraction of sp³-hybridized carbons (Fsp3) is 0.605. The van der Waals surface area contributed by atoms with Crippen molar-refractivity contribution in [2.45, 2.75) is 90.4 Å². The van der Waals surface area contributed by atoms with Crippen molar-refractivity contribution in [3.63, 3.8) is 0 Å². The number of piperazine rings is 1. The maximum atomic E-state index is 13.3. The minimum absolute atomic E-state index is 0.0298. The second kappa shape index (κ2) is 15.1. The van der Waals surface area contributed by atoms with Gasteiger partial charge in [-0.3, -0.25) is 34.3 Å². The van der Waals surface area contributed by atoms with Crippen molar-refractivity contribution in [3.05, 3.63) is 58.1 Å². The number of fused-ring (bicyclic) bond motifs is 1. The number of anilines is 1. The van der Waals surface area contributed by atoms with Crippen molar-refractivity contribution in [1.29, 1.82) is 5.26 Å². The number of likely N-dealkylation sites (tertiary alicyclic amines) is 1. The van der Waals surface area contributed by atoms with E-state index >= 15 is 0 Å². The number of piperidine rings is 2. The molecule has 2 aromatic rings. The van der Waals surface area contributed by atoms with Crippen LogP contribution in [0.3, 0.4) is 0 Å². The number of nitrogens with zero attached hydrogens (tertiary/aromatic N) is 5. The molecule has 4 amide bonds. The summed E-state index contributed by atoms with van der Waals surface area (Å²) in [7, 11) is 0. The number of carbonyl (C=O) groups excluding carboxylic acids is 4. The number of nitriles is 1. The highest BCUT2D eigenvalue weighted by molar-refractivity contribution is 6.31. The number of benzene rings is 2. The van der Waals surface area contributed by atoms with Gasteiger partial charge in [0.05, 0.1) is 21.7 Å². The Kier molecular flexibility index (Phi) is 10.4. The second-order valence-electron chi connectivity index (χ2n) is 18.2. The Hall–Kier alpha value is -4.02. The molecule has 12 nitrogen and oxygen atoms in total. The van der Waals surface area contributed by atoms with Crippen LogP contribution in [0.5, 0.6) is 5.75 Å². The fourth-order valence-corrected chi connectivity index (χ4v) is 11.1. The van der Waals surface area contributed by atoms with Crippen molar-refractivity contribution in [3.8, 4) is 11.8 Å². The molecule has 2 aliphatic carbocycles. The van der Waals surface area contributed by atoms with Gasteiger partial charge in [0.15, 0.2) is 0 Å². The van der Waals surface area contributed by atoms with Crippen molar-refractivity contribution in [2.24, 2.45) is 22.7 Å². The molecule has 6 aliphatic rings. The molecule has 3 saturated heterocycles. The average molecular weight is 784 g/mol. The van der Waals surface area contributed by atoms with E-state index in [4.69, 9.17) is 16.3 Å². The number of halogens is 1. The van der Waals surface area contributed by atoms with Crippen LogP contribution in [0.15, 0.2) is 36.4 Å². The summed E-state index contributed by atoms with van der Waals surface area (Å²) in [6.07, 6.45) is 5.28. The molecule has 0 spiro atoms. The third kappa shape index (κ3) is 7.10. The second-order valence-corrected chi connectivity index (χ2v) is 18.6. The number of ether oxygens (including phenoxy) is 1. The topological polar surface area (TPSA) is 138 Å². The molecule has 4 aliphatic heterocycles. The molecule has 2 saturated carbocycles. The van der Waals surface area contributed by atoms with E-state index in [0.717, 1.165) is 49.9 Å². The highest BCUT2D eigenvalue weighted by Crippen LogP contribution is 2.56. The fourth-order valence-electron chi connectivity index (χ4n) is 10.9. The summed E-state index contributed by atoms with van der Waals surface area (Å²) in [5.41, 5.74) is 1.93. The summed E-state index contributed by atoms with van der Waals surface area (Å²) in [4.78, 5) is 59.1. The van der Waals surface area contributed by atoms with Gasteiger partial charge in [-0.15, -0.1) is 0 Å². The Balaban J connectivity index is 0.743. The van der Waals surface area contributed by atoms with Crippen molar-refractivity contribution in [1.82, 2.24) is 25.3 Å². The number of rotatable bonds is 10. The monoisotopic (exact) mass is 783 g/mol. The first kappa shape index (κ1) is 38.8. The van der Waals surface area contributed by atoms with E-state index in [9.17, 15) is 24.4 Å². The van der Waals surface area contributed by atoms with Gasteiger partial charge >= 0.3 is 0 Å². The van der Waals surface area contributed by atoms with Crippen molar-refractivity contribution < 1.29 is 23.9 Å². The lowest BCUT2D eigenvalue weighted by Gasteiger charge is -2.63. The van der Waals surface area contributed by atoms with E-state index < -0.39 is 23.8 Å². The summed E-state index contributed by atoms with van der Waals surface area (Å²) >= 11 is 6.28. The molecular formula is C43H54ClN7O5. The Morgan fingerprint density at radius 2 is 1.57 bits per heavy atom. The average Bonchev–Trinajstić information content (AvgIpc) is 3.40. The molecule has 0 radical (unpaired) electrons. The zero-order valence-corrected chi connectivity index (χ0v) is 33.7. The molecule has 2 N–H and O–H groups in total. The van der Waals surface area contributed by atoms with Crippen LogP contribution in [-0.4, -0.2) is 115 Å². The quantitative estimate of drug-likeness (QED) is 0.327. The third-order valence-electron chi connectivity index (χ3n) is 13.8. The van der Waals surface area contributed by atoms with Gasteiger partial charge < -0.3 is 19.9 Å². The minimum atomic E-state index is -0.954. The first-order chi connectivity index (χ1) is 26.7. The van der Waals surface area contributed by atoms with E-state index in [2.05, 4.69) is 59.1 Å². The molecular weight excluding hydrogens is 730 g/mol. The van der Waals surface area contributed by atoms with E-state index in [1.54, 1.807) is 24.3 Å². The molecule has 8 rings (SSSR count). The number of imide groups is 2. The van der Waals surface area contributed by atoms with Gasteiger partial charge in [0.2, 0.25) is 11.8 Å². The first-order valence-corrected chi connectivity index (χ1v) is 20.8. The molecule has 56 heavy (non-hydrogen) atoms. The van der Waals surface area contributed by atoms with E-state index in [1.165, 1.54) is 38.8 Å². The van der Waals surface area contributed by atoms with E-state index in [-0.39, 0.29) is 35.7 Å². The molecule has 2 aromatic carbocycles. The summed E-state index contributed by atoms with van der Waals surface area (Å²) in [6.45, 7) is 17.2. The molecule has 298 valence electrons. The van der Waals surface area contributed by atoms with Crippen LogP contribution in [-0.2, 0) is 9.59 Å². The largest absolute Gasteiger partial charge is 0.489 e. The number of amides is 4. The van der Waals surface area contributed by atoms with Crippen LogP contribution in [0.2, 0.25) is 5.02 Å². The predicted molar refractivity (Wildman–Crippen MR) is 213 cm³/mol. The zero-order chi connectivity index (χ0) is 39.5. The number of carbonyl (C=O) groups is 4. The number of nitrogens with one attached hydrogen (secondary N) is 2. The van der Waals surface area contributed by atoms with Crippen LogP contribution in [0.1, 0.15) is 92.5 Å². The number of hydrogen-bond donors (Lipinski definition) is 2. The maximum Gasteiger partial charge on any atom is 0.262 e. The lowest BCUT2D eigenvalue weighted by Crippen LogP contribution is -2.74. The van der Waals surface area contributed by atoms with Gasteiger partial charge in [-0.05, 0) is 93.9 Å². The smallest absolute Gasteiger partial charge is 0.262 e. The molecule has 1 atom stereocenters. The minimum Gasteiger partial charge on any atom is -0.489 e. The van der Waals surface area contributed by atoms with Gasteiger partial charge in [0, 0.05) is 73.8 Å². The lowest BCUT2D eigenvalue weighted by atomic mass is 9.49. The van der Waals surface area contributed by atoms with Gasteiger partial charge in [-0.25, -0.2) is 0 Å². The first-order valence-electron chi connectivity index (χ1n) is 20.4. The summed E-state index contributed by atoms with van der Waals surface area (Å²) in [5, 5.41) is 15.8. The molecule has 1 unspecified atom stereocenters. The highest BCUT2D eigenvalue weighted by atomic mass is 35.5. The van der Waals surface area contributed by atoms with Crippen LogP contribution in [0, 0.1) is 34.0 Å². The lowest BCUT2D eigenvalue weighted by molar-refractivity contribution is -0.169. The Morgan fingerprint density at radius 1 is 0.875 bits per heavy atom. The molecule has 4 heterocycles. The maximum absolute atomic E-state index is 13.3. The van der Waals surface area contributed by atoms with Gasteiger partial charge in [-0.2, -0.15) is 5.26 Å². The van der Waals surface area contributed by atoms with E-state index in [0.29, 0.717) is 51.4 Å². The van der Waals surface area contributed by atoms with Gasteiger partial charge in [0.25, 0.3) is 11.8 Å². The normalized spacial score (nSPS) is 29.3. The SMILES string of the molecule is CC1(C)[C@H](NCC2CC(N3CCC(CN4CCN(c5ccc6c(c5)C(=O)N(C5CCC(=O)NC5=O)C6=O)CC4)CC3)C2)C(C)(C)[C@H]1Oc1ccc(C#N)c(Cl)c1. The van der Waals surface area contributed by atoms with Crippen LogP contribution >= 0.6 is 11.6 Å². The van der Waals surface area contributed by atoms with Gasteiger partial charge in [0.1, 0.15) is 24.0 Å². The number of hydrogen-bond acceptors (Lipinski definition) is 10. The van der Waals surface area contributed by atoms with Crippen LogP contribution in [0.25, 0.3) is 0 Å². The van der Waals surface area contributed by atoms with E-state index in [1.807, 2.05) is 12.1 Å². The molecule has 0 aromatic heterocycles. The van der Waals surface area contributed by atoms with Crippen LogP contribution < -0.4 is 20.3 Å². The van der Waals surface area contributed by atoms with Gasteiger partial charge in [-0.1, -0.05) is 39.3 Å².